The van der Waals surface area contributed by atoms with Crippen LogP contribution in [0.15, 0.2) is 59.2 Å². The highest BCUT2D eigenvalue weighted by molar-refractivity contribution is 9.10. The molecule has 0 radical (unpaired) electrons. The summed E-state index contributed by atoms with van der Waals surface area (Å²) in [6.45, 7) is 0.999. The Balaban J connectivity index is 1.68. The molecule has 1 aliphatic rings. The maximum atomic E-state index is 12.5. The van der Waals surface area contributed by atoms with E-state index in [4.69, 9.17) is 9.47 Å². The van der Waals surface area contributed by atoms with Crippen molar-refractivity contribution >= 4 is 27.5 Å². The molecule has 2 aromatic carbocycles. The molecular formula is C21H14BrN3O3. The predicted octanol–water partition coefficient (Wildman–Crippen LogP) is 4.41. The number of amides is 1. The first-order chi connectivity index (χ1) is 13.7. The van der Waals surface area contributed by atoms with Crippen molar-refractivity contribution in [3.05, 3.63) is 70.5 Å². The zero-order valence-corrected chi connectivity index (χ0v) is 16.2. The van der Waals surface area contributed by atoms with Crippen LogP contribution in [-0.2, 0) is 0 Å². The molecule has 28 heavy (non-hydrogen) atoms. The number of ether oxygens (including phenoxy) is 2. The minimum Gasteiger partial charge on any atom is -0.486 e. The van der Waals surface area contributed by atoms with Crippen LogP contribution in [-0.4, -0.2) is 24.1 Å². The van der Waals surface area contributed by atoms with Crippen molar-refractivity contribution in [3.8, 4) is 28.7 Å². The van der Waals surface area contributed by atoms with Crippen molar-refractivity contribution in [1.82, 2.24) is 4.98 Å². The zero-order valence-electron chi connectivity index (χ0n) is 14.6. The molecule has 0 unspecified atom stereocenters. The minimum atomic E-state index is -0.386. The van der Waals surface area contributed by atoms with E-state index in [1.807, 2.05) is 24.3 Å². The summed E-state index contributed by atoms with van der Waals surface area (Å²) in [5.41, 5.74) is 2.55. The standard InChI is InChI=1S/C21H14BrN3O3/c22-14-5-6-18(24-12-14)21(26)25-17-3-1-2-15(16(17)11-23)13-4-7-19-20(10-13)28-9-8-27-19/h1-7,10,12H,8-9H2,(H,25,26). The summed E-state index contributed by atoms with van der Waals surface area (Å²) >= 11 is 3.29. The second-order valence-corrected chi connectivity index (χ2v) is 6.93. The Morgan fingerprint density at radius 2 is 1.93 bits per heavy atom. The van der Waals surface area contributed by atoms with Crippen LogP contribution in [0.3, 0.4) is 0 Å². The third-order valence-corrected chi connectivity index (χ3v) is 4.71. The fourth-order valence-electron chi connectivity index (χ4n) is 2.92. The molecule has 0 aliphatic carbocycles. The van der Waals surface area contributed by atoms with E-state index in [1.54, 1.807) is 30.5 Å². The summed E-state index contributed by atoms with van der Waals surface area (Å²) in [6, 6.07) is 16.4. The second kappa shape index (κ2) is 7.71. The summed E-state index contributed by atoms with van der Waals surface area (Å²) in [5, 5.41) is 12.5. The van der Waals surface area contributed by atoms with Crippen LogP contribution in [0.5, 0.6) is 11.5 Å². The molecule has 2 heterocycles. The first-order valence-electron chi connectivity index (χ1n) is 8.52. The molecule has 0 saturated heterocycles. The van der Waals surface area contributed by atoms with E-state index in [2.05, 4.69) is 32.3 Å². The van der Waals surface area contributed by atoms with Gasteiger partial charge in [0.1, 0.15) is 25.0 Å². The summed E-state index contributed by atoms with van der Waals surface area (Å²) in [6.07, 6.45) is 1.55. The third kappa shape index (κ3) is 3.55. The van der Waals surface area contributed by atoms with Gasteiger partial charge < -0.3 is 14.8 Å². The topological polar surface area (TPSA) is 84.2 Å². The lowest BCUT2D eigenvalue weighted by atomic mass is 9.98. The van der Waals surface area contributed by atoms with Gasteiger partial charge in [0.25, 0.3) is 5.91 Å². The number of aromatic nitrogens is 1. The van der Waals surface area contributed by atoms with Crippen LogP contribution < -0.4 is 14.8 Å². The first kappa shape index (κ1) is 18.0. The number of nitrogens with one attached hydrogen (secondary N) is 1. The Morgan fingerprint density at radius 3 is 2.68 bits per heavy atom. The van der Waals surface area contributed by atoms with Gasteiger partial charge in [-0.15, -0.1) is 0 Å². The monoisotopic (exact) mass is 435 g/mol. The van der Waals surface area contributed by atoms with E-state index < -0.39 is 0 Å². The largest absolute Gasteiger partial charge is 0.486 e. The Morgan fingerprint density at radius 1 is 1.11 bits per heavy atom. The smallest absolute Gasteiger partial charge is 0.274 e. The number of nitriles is 1. The Hall–Kier alpha value is -3.37. The van der Waals surface area contributed by atoms with Gasteiger partial charge in [0.05, 0.1) is 11.3 Å². The number of fused-ring (bicyclic) bond motifs is 1. The molecule has 7 heteroatoms. The Bertz CT molecular complexity index is 1090. The number of halogens is 1. The van der Waals surface area contributed by atoms with Crippen molar-refractivity contribution in [2.45, 2.75) is 0 Å². The van der Waals surface area contributed by atoms with Gasteiger partial charge >= 0.3 is 0 Å². The lowest BCUT2D eigenvalue weighted by molar-refractivity contribution is 0.102. The molecule has 0 fully saturated rings. The number of carbonyl (C=O) groups excluding carboxylic acids is 1. The average molecular weight is 436 g/mol. The molecule has 0 spiro atoms. The van der Waals surface area contributed by atoms with Gasteiger partial charge in [-0.3, -0.25) is 4.79 Å². The lowest BCUT2D eigenvalue weighted by Crippen LogP contribution is -2.15. The number of hydrogen-bond acceptors (Lipinski definition) is 5. The summed E-state index contributed by atoms with van der Waals surface area (Å²) in [7, 11) is 0. The van der Waals surface area contributed by atoms with Gasteiger partial charge in [0.15, 0.2) is 11.5 Å². The molecule has 138 valence electrons. The van der Waals surface area contributed by atoms with Crippen LogP contribution in [0.2, 0.25) is 0 Å². The normalized spacial score (nSPS) is 12.1. The van der Waals surface area contributed by atoms with Gasteiger partial charge in [-0.2, -0.15) is 5.26 Å². The van der Waals surface area contributed by atoms with Crippen LogP contribution >= 0.6 is 15.9 Å². The van der Waals surface area contributed by atoms with Crippen LogP contribution in [0.25, 0.3) is 11.1 Å². The van der Waals surface area contributed by atoms with Crippen LogP contribution in [0, 0.1) is 11.3 Å². The number of hydrogen-bond donors (Lipinski definition) is 1. The van der Waals surface area contributed by atoms with Crippen molar-refractivity contribution in [3.63, 3.8) is 0 Å². The van der Waals surface area contributed by atoms with Gasteiger partial charge in [0, 0.05) is 16.2 Å². The SMILES string of the molecule is N#Cc1c(NC(=O)c2ccc(Br)cn2)cccc1-c1ccc2c(c1)OCCO2. The van der Waals surface area contributed by atoms with E-state index in [9.17, 15) is 10.1 Å². The summed E-state index contributed by atoms with van der Waals surface area (Å²) in [5.74, 6) is 0.934. The fraction of sp³-hybridized carbons (Fsp3) is 0.0952. The molecule has 3 aromatic rings. The fourth-order valence-corrected chi connectivity index (χ4v) is 3.16. The minimum absolute atomic E-state index is 0.261. The molecule has 1 aromatic heterocycles. The van der Waals surface area contributed by atoms with Crippen LogP contribution in [0.4, 0.5) is 5.69 Å². The van der Waals surface area contributed by atoms with Crippen molar-refractivity contribution in [1.29, 1.82) is 5.26 Å². The second-order valence-electron chi connectivity index (χ2n) is 6.01. The maximum Gasteiger partial charge on any atom is 0.274 e. The molecule has 0 saturated carbocycles. The molecule has 1 amide bonds. The predicted molar refractivity (Wildman–Crippen MR) is 107 cm³/mol. The quantitative estimate of drug-likeness (QED) is 0.658. The van der Waals surface area contributed by atoms with Crippen molar-refractivity contribution in [2.75, 3.05) is 18.5 Å². The van der Waals surface area contributed by atoms with Gasteiger partial charge in [-0.1, -0.05) is 18.2 Å². The highest BCUT2D eigenvalue weighted by atomic mass is 79.9. The van der Waals surface area contributed by atoms with E-state index in [0.29, 0.717) is 41.5 Å². The van der Waals surface area contributed by atoms with Gasteiger partial charge in [0.2, 0.25) is 0 Å². The van der Waals surface area contributed by atoms with E-state index in [-0.39, 0.29) is 11.6 Å². The van der Waals surface area contributed by atoms with E-state index in [0.717, 1.165) is 10.0 Å². The Labute approximate surface area is 169 Å². The third-order valence-electron chi connectivity index (χ3n) is 4.24. The van der Waals surface area contributed by atoms with Crippen molar-refractivity contribution < 1.29 is 14.3 Å². The van der Waals surface area contributed by atoms with Gasteiger partial charge in [-0.05, 0) is 51.8 Å². The molecule has 0 bridgehead atoms. The highest BCUT2D eigenvalue weighted by Crippen LogP contribution is 2.37. The van der Waals surface area contributed by atoms with Gasteiger partial charge in [-0.25, -0.2) is 4.98 Å². The number of benzene rings is 2. The first-order valence-corrected chi connectivity index (χ1v) is 9.31. The molecule has 1 N–H and O–H groups in total. The van der Waals surface area contributed by atoms with Crippen molar-refractivity contribution in [2.24, 2.45) is 0 Å². The molecule has 6 nitrogen and oxygen atoms in total. The molecular weight excluding hydrogens is 422 g/mol. The zero-order chi connectivity index (χ0) is 19.5. The Kier molecular flexibility index (Phi) is 4.96. The molecule has 1 aliphatic heterocycles. The number of nitrogens with zero attached hydrogens (tertiary/aromatic N) is 2. The number of pyridine rings is 1. The van der Waals surface area contributed by atoms with Crippen LogP contribution in [0.1, 0.15) is 16.1 Å². The number of anilines is 1. The van der Waals surface area contributed by atoms with E-state index in [1.165, 1.54) is 0 Å². The maximum absolute atomic E-state index is 12.5. The highest BCUT2D eigenvalue weighted by Gasteiger charge is 2.17. The number of rotatable bonds is 3. The lowest BCUT2D eigenvalue weighted by Gasteiger charge is -2.19. The molecule has 0 atom stereocenters. The number of carbonyl (C=O) groups is 1. The summed E-state index contributed by atoms with van der Waals surface area (Å²) < 4.78 is 12.0. The summed E-state index contributed by atoms with van der Waals surface area (Å²) in [4.78, 5) is 16.6. The average Bonchev–Trinajstić information content (AvgIpc) is 2.73. The van der Waals surface area contributed by atoms with E-state index >= 15 is 0 Å². The molecule has 4 rings (SSSR count).